The molecule has 0 radical (unpaired) electrons. The average molecular weight is 430 g/mol. The van der Waals surface area contributed by atoms with Crippen LogP contribution in [0.4, 0.5) is 0 Å². The van der Waals surface area contributed by atoms with Gasteiger partial charge in [0.25, 0.3) is 5.91 Å². The van der Waals surface area contributed by atoms with Crippen molar-refractivity contribution in [1.82, 2.24) is 0 Å². The number of halogens is 1. The van der Waals surface area contributed by atoms with Crippen LogP contribution in [0, 0.1) is 6.92 Å². The summed E-state index contributed by atoms with van der Waals surface area (Å²) in [5, 5.41) is 0.310. The highest BCUT2D eigenvalue weighted by Crippen LogP contribution is 2.31. The summed E-state index contributed by atoms with van der Waals surface area (Å²) in [7, 11) is -8.19. The summed E-state index contributed by atoms with van der Waals surface area (Å²) in [5.41, 5.74) is 10.5. The maximum atomic E-state index is 13.0. The van der Waals surface area contributed by atoms with Crippen LogP contribution in [0.5, 0.6) is 0 Å². The van der Waals surface area contributed by atoms with Crippen molar-refractivity contribution in [2.45, 2.75) is 21.6 Å². The highest BCUT2D eigenvalue weighted by atomic mass is 35.5. The Kier molecular flexibility index (Phi) is 5.64. The molecule has 4 N–H and O–H groups in total. The van der Waals surface area contributed by atoms with Gasteiger partial charge >= 0.3 is 0 Å². The maximum Gasteiger partial charge on any atom is 0.280 e. The second kappa shape index (κ2) is 7.29. The molecule has 8 nitrogen and oxygen atoms in total. The van der Waals surface area contributed by atoms with Gasteiger partial charge in [-0.15, -0.1) is 0 Å². The molecule has 0 aromatic heterocycles. The highest BCUT2D eigenvalue weighted by Gasteiger charge is 2.28. The Balaban J connectivity index is 2.85. The third-order valence-corrected chi connectivity index (χ3v) is 6.89. The van der Waals surface area contributed by atoms with Gasteiger partial charge in [-0.05, 0) is 48.9 Å². The predicted octanol–water partition coefficient (Wildman–Crippen LogP) is 1.30. The molecule has 0 aliphatic carbocycles. The number of nitrogens with two attached hydrogens (primary N) is 2. The van der Waals surface area contributed by atoms with Crippen LogP contribution in [0.2, 0.25) is 5.02 Å². The Morgan fingerprint density at radius 3 is 2.04 bits per heavy atom. The fraction of sp³-hybridized carbons (Fsp3) is 0.125. The van der Waals surface area contributed by atoms with Crippen molar-refractivity contribution in [3.63, 3.8) is 0 Å². The lowest BCUT2D eigenvalue weighted by Gasteiger charge is -2.13. The summed E-state index contributed by atoms with van der Waals surface area (Å²) in [4.78, 5) is 14.4. The maximum absolute atomic E-state index is 13.0. The molecular weight excluding hydrogens is 414 g/mol. The van der Waals surface area contributed by atoms with Crippen LogP contribution in [0.3, 0.4) is 0 Å². The summed E-state index contributed by atoms with van der Waals surface area (Å²) < 4.78 is 50.4. The molecule has 0 saturated heterocycles. The first kappa shape index (κ1) is 20.9. The van der Waals surface area contributed by atoms with Crippen LogP contribution in [-0.4, -0.2) is 35.0 Å². The quantitative estimate of drug-likeness (QED) is 0.549. The number of carbonyl (C=O) groups excluding carboxylic acids is 1. The number of guanidine groups is 1. The first-order valence-corrected chi connectivity index (χ1v) is 11.1. The zero-order valence-corrected chi connectivity index (χ0v) is 16.7. The van der Waals surface area contributed by atoms with Crippen LogP contribution in [0.15, 0.2) is 56.1 Å². The number of benzene rings is 2. The van der Waals surface area contributed by atoms with Gasteiger partial charge in [0.1, 0.15) is 0 Å². The molecule has 0 atom stereocenters. The lowest BCUT2D eigenvalue weighted by molar-refractivity contribution is 0.100. The first-order chi connectivity index (χ1) is 12.3. The molecule has 2 rings (SSSR count). The summed E-state index contributed by atoms with van der Waals surface area (Å²) in [6, 6.07) is 7.25. The largest absolute Gasteiger partial charge is 0.370 e. The van der Waals surface area contributed by atoms with Gasteiger partial charge in [-0.1, -0.05) is 11.6 Å². The fourth-order valence-corrected chi connectivity index (χ4v) is 5.38. The molecule has 0 fully saturated rings. The van der Waals surface area contributed by atoms with E-state index in [-0.39, 0.29) is 16.0 Å². The number of hydrogen-bond donors (Lipinski definition) is 2. The summed E-state index contributed by atoms with van der Waals surface area (Å²) >= 11 is 5.77. The lowest BCUT2D eigenvalue weighted by Crippen LogP contribution is -2.24. The third kappa shape index (κ3) is 4.46. The van der Waals surface area contributed by atoms with Crippen LogP contribution >= 0.6 is 11.6 Å². The molecule has 0 saturated carbocycles. The van der Waals surface area contributed by atoms with Crippen molar-refractivity contribution in [2.24, 2.45) is 16.5 Å². The van der Waals surface area contributed by atoms with Gasteiger partial charge in [-0.3, -0.25) is 4.79 Å². The van der Waals surface area contributed by atoms with Crippen molar-refractivity contribution >= 4 is 43.1 Å². The molecule has 1 amide bonds. The Morgan fingerprint density at radius 2 is 1.56 bits per heavy atom. The van der Waals surface area contributed by atoms with Gasteiger partial charge in [0.05, 0.1) is 14.7 Å². The molecule has 0 aliphatic heterocycles. The van der Waals surface area contributed by atoms with Gasteiger partial charge in [-0.25, -0.2) is 16.8 Å². The van der Waals surface area contributed by atoms with Crippen LogP contribution < -0.4 is 11.5 Å². The van der Waals surface area contributed by atoms with Crippen molar-refractivity contribution in [3.8, 4) is 0 Å². The molecule has 0 aliphatic rings. The van der Waals surface area contributed by atoms with E-state index < -0.39 is 41.3 Å². The molecule has 27 heavy (non-hydrogen) atoms. The Labute approximate surface area is 161 Å². The van der Waals surface area contributed by atoms with E-state index in [1.807, 2.05) is 0 Å². The number of sulfone groups is 2. The molecule has 0 heterocycles. The molecule has 144 valence electrons. The van der Waals surface area contributed by atoms with E-state index in [4.69, 9.17) is 23.1 Å². The minimum atomic E-state index is -4.27. The summed E-state index contributed by atoms with van der Waals surface area (Å²) in [5.74, 6) is -1.39. The lowest BCUT2D eigenvalue weighted by atomic mass is 10.1. The fourth-order valence-electron chi connectivity index (χ4n) is 2.31. The molecular formula is C16H16ClN3O5S2. The van der Waals surface area contributed by atoms with Gasteiger partial charge in [0, 0.05) is 16.8 Å². The van der Waals surface area contributed by atoms with Gasteiger partial charge in [0.2, 0.25) is 9.84 Å². The van der Waals surface area contributed by atoms with Crippen molar-refractivity contribution in [3.05, 3.63) is 52.5 Å². The number of aliphatic imine (C=N–C) groups is 1. The predicted molar refractivity (Wildman–Crippen MR) is 101 cm³/mol. The molecule has 11 heteroatoms. The normalized spacial score (nSPS) is 11.8. The van der Waals surface area contributed by atoms with Crippen LogP contribution in [0.25, 0.3) is 0 Å². The minimum Gasteiger partial charge on any atom is -0.370 e. The number of carbonyl (C=O) groups is 1. The van der Waals surface area contributed by atoms with E-state index >= 15 is 0 Å². The van der Waals surface area contributed by atoms with E-state index in [9.17, 15) is 21.6 Å². The standard InChI is InChI=1S/C16H16ClN3O5S2/c1-9-7-13(26(2,22)23)14(8-12(9)15(21)20-16(18)19)27(24,25)11-5-3-10(17)4-6-11/h3-8H,1-2H3,(H4,18,19,20,21). The zero-order chi connectivity index (χ0) is 20.6. The highest BCUT2D eigenvalue weighted by molar-refractivity contribution is 7.94. The summed E-state index contributed by atoms with van der Waals surface area (Å²) in [6.45, 7) is 1.45. The number of nitrogens with zero attached hydrogens (tertiary/aromatic N) is 1. The number of hydrogen-bond acceptors (Lipinski definition) is 5. The van der Waals surface area contributed by atoms with E-state index in [0.717, 1.165) is 18.4 Å². The SMILES string of the molecule is Cc1cc(S(C)(=O)=O)c(S(=O)(=O)c2ccc(Cl)cc2)cc1C(=O)N=C(N)N. The first-order valence-electron chi connectivity index (χ1n) is 7.33. The zero-order valence-electron chi connectivity index (χ0n) is 14.3. The van der Waals surface area contributed by atoms with Crippen LogP contribution in [-0.2, 0) is 19.7 Å². The van der Waals surface area contributed by atoms with E-state index in [1.54, 1.807) is 0 Å². The topological polar surface area (TPSA) is 150 Å². The van der Waals surface area contributed by atoms with Gasteiger partial charge in [0.15, 0.2) is 15.8 Å². The summed E-state index contributed by atoms with van der Waals surface area (Å²) in [6.07, 6.45) is 0.875. The number of amides is 1. The average Bonchev–Trinajstić information content (AvgIpc) is 2.53. The van der Waals surface area contributed by atoms with Crippen LogP contribution in [0.1, 0.15) is 15.9 Å². The Morgan fingerprint density at radius 1 is 1.00 bits per heavy atom. The Bertz CT molecular complexity index is 1150. The number of aryl methyl sites for hydroxylation is 1. The molecule has 2 aromatic carbocycles. The molecule has 0 unspecified atom stereocenters. The van der Waals surface area contributed by atoms with E-state index in [0.29, 0.717) is 5.02 Å². The van der Waals surface area contributed by atoms with Gasteiger partial charge in [-0.2, -0.15) is 4.99 Å². The molecule has 0 spiro atoms. The minimum absolute atomic E-state index is 0.136. The smallest absolute Gasteiger partial charge is 0.280 e. The second-order valence-electron chi connectivity index (χ2n) is 5.69. The monoisotopic (exact) mass is 429 g/mol. The van der Waals surface area contributed by atoms with E-state index in [1.165, 1.54) is 31.2 Å². The number of rotatable bonds is 4. The second-order valence-corrected chi connectivity index (χ2v) is 10.0. The molecule has 2 aromatic rings. The Hall–Kier alpha value is -2.43. The molecule has 0 bridgehead atoms. The van der Waals surface area contributed by atoms with Gasteiger partial charge < -0.3 is 11.5 Å². The van der Waals surface area contributed by atoms with Crippen molar-refractivity contribution < 1.29 is 21.6 Å². The van der Waals surface area contributed by atoms with E-state index in [2.05, 4.69) is 4.99 Å². The van der Waals surface area contributed by atoms with Crippen molar-refractivity contribution in [1.29, 1.82) is 0 Å². The van der Waals surface area contributed by atoms with Crippen molar-refractivity contribution in [2.75, 3.05) is 6.26 Å². The third-order valence-electron chi connectivity index (χ3n) is 3.56.